The number of rotatable bonds is 9. The fourth-order valence-corrected chi connectivity index (χ4v) is 5.28. The first-order chi connectivity index (χ1) is 9.10. The van der Waals surface area contributed by atoms with Crippen LogP contribution in [0.2, 0.25) is 13.1 Å². The molecule has 1 aromatic rings. The van der Waals surface area contributed by atoms with Crippen LogP contribution in [0.1, 0.15) is 39.5 Å². The Hall–Kier alpha value is -0.603. The standard InChI is InChI=1S/C17H31NSi/c1-5-7-14-18(15-8-6-2)16-19(3,4)17-12-10-9-11-13-17/h9-13H,5-8,14-16H2,1-4H3. The van der Waals surface area contributed by atoms with Crippen molar-refractivity contribution in [3.8, 4) is 0 Å². The lowest BCUT2D eigenvalue weighted by Crippen LogP contribution is -2.52. The van der Waals surface area contributed by atoms with Crippen molar-refractivity contribution in [1.29, 1.82) is 0 Å². The van der Waals surface area contributed by atoms with Gasteiger partial charge in [0.05, 0.1) is 8.07 Å². The molecule has 1 nitrogen and oxygen atoms in total. The fraction of sp³-hybridized carbons (Fsp3) is 0.647. The van der Waals surface area contributed by atoms with Crippen LogP contribution >= 0.6 is 0 Å². The van der Waals surface area contributed by atoms with Crippen molar-refractivity contribution in [3.63, 3.8) is 0 Å². The number of hydrogen-bond donors (Lipinski definition) is 0. The minimum atomic E-state index is -1.32. The zero-order chi connectivity index (χ0) is 14.1. The zero-order valence-corrected chi connectivity index (χ0v) is 14.3. The van der Waals surface area contributed by atoms with Crippen LogP contribution in [-0.2, 0) is 0 Å². The molecule has 0 aliphatic carbocycles. The molecule has 0 aliphatic rings. The summed E-state index contributed by atoms with van der Waals surface area (Å²) in [7, 11) is -1.32. The van der Waals surface area contributed by atoms with Crippen molar-refractivity contribution in [1.82, 2.24) is 4.90 Å². The number of nitrogens with zero attached hydrogens (tertiary/aromatic N) is 1. The molecule has 108 valence electrons. The minimum Gasteiger partial charge on any atom is -0.306 e. The second-order valence-electron chi connectivity index (χ2n) is 6.23. The Morgan fingerprint density at radius 2 is 1.42 bits per heavy atom. The van der Waals surface area contributed by atoms with Gasteiger partial charge < -0.3 is 4.90 Å². The molecule has 0 aliphatic heterocycles. The number of benzene rings is 1. The summed E-state index contributed by atoms with van der Waals surface area (Å²) < 4.78 is 0. The van der Waals surface area contributed by atoms with Gasteiger partial charge in [0.2, 0.25) is 0 Å². The van der Waals surface area contributed by atoms with Crippen LogP contribution in [0.25, 0.3) is 0 Å². The Morgan fingerprint density at radius 3 is 1.89 bits per heavy atom. The van der Waals surface area contributed by atoms with Crippen molar-refractivity contribution in [3.05, 3.63) is 30.3 Å². The van der Waals surface area contributed by atoms with Crippen molar-refractivity contribution < 1.29 is 0 Å². The molecule has 0 heterocycles. The van der Waals surface area contributed by atoms with Crippen LogP contribution in [0.4, 0.5) is 0 Å². The summed E-state index contributed by atoms with van der Waals surface area (Å²) in [4.78, 5) is 2.71. The van der Waals surface area contributed by atoms with Gasteiger partial charge in [-0.3, -0.25) is 0 Å². The monoisotopic (exact) mass is 277 g/mol. The highest BCUT2D eigenvalue weighted by molar-refractivity contribution is 6.89. The predicted octanol–water partition coefficient (Wildman–Crippen LogP) is 4.04. The quantitative estimate of drug-likeness (QED) is 0.616. The fourth-order valence-electron chi connectivity index (χ4n) is 2.57. The summed E-state index contributed by atoms with van der Waals surface area (Å²) in [5, 5.41) is 1.59. The maximum absolute atomic E-state index is 2.71. The van der Waals surface area contributed by atoms with E-state index in [-0.39, 0.29) is 0 Å². The lowest BCUT2D eigenvalue weighted by Gasteiger charge is -2.31. The molecule has 1 rings (SSSR count). The normalized spacial score (nSPS) is 12.1. The molecule has 0 amide bonds. The maximum atomic E-state index is 2.71. The molecular weight excluding hydrogens is 246 g/mol. The van der Waals surface area contributed by atoms with Gasteiger partial charge in [-0.05, 0) is 32.1 Å². The van der Waals surface area contributed by atoms with Gasteiger partial charge in [-0.1, -0.05) is 75.3 Å². The topological polar surface area (TPSA) is 3.24 Å². The van der Waals surface area contributed by atoms with Gasteiger partial charge in [-0.25, -0.2) is 0 Å². The first-order valence-corrected chi connectivity index (χ1v) is 11.1. The maximum Gasteiger partial charge on any atom is 0.0948 e. The summed E-state index contributed by atoms with van der Waals surface area (Å²) >= 11 is 0. The van der Waals surface area contributed by atoms with E-state index in [4.69, 9.17) is 0 Å². The summed E-state index contributed by atoms with van der Waals surface area (Å²) in [5.41, 5.74) is 0. The van der Waals surface area contributed by atoms with E-state index in [0.29, 0.717) is 0 Å². The van der Waals surface area contributed by atoms with E-state index in [1.165, 1.54) is 44.9 Å². The molecule has 2 heteroatoms. The van der Waals surface area contributed by atoms with E-state index in [0.717, 1.165) is 0 Å². The summed E-state index contributed by atoms with van der Waals surface area (Å²) in [6, 6.07) is 11.1. The van der Waals surface area contributed by atoms with Crippen LogP contribution in [-0.4, -0.2) is 32.2 Å². The average molecular weight is 278 g/mol. The van der Waals surface area contributed by atoms with Crippen molar-refractivity contribution >= 4 is 13.3 Å². The largest absolute Gasteiger partial charge is 0.306 e. The Kier molecular flexibility index (Phi) is 7.40. The molecule has 0 fully saturated rings. The van der Waals surface area contributed by atoms with Crippen molar-refractivity contribution in [2.45, 2.75) is 52.6 Å². The highest BCUT2D eigenvalue weighted by Gasteiger charge is 2.25. The third kappa shape index (κ3) is 5.92. The predicted molar refractivity (Wildman–Crippen MR) is 89.8 cm³/mol. The lowest BCUT2D eigenvalue weighted by molar-refractivity contribution is 0.302. The Balaban J connectivity index is 2.64. The van der Waals surface area contributed by atoms with Gasteiger partial charge in [0.25, 0.3) is 0 Å². The molecular formula is C17H31NSi. The van der Waals surface area contributed by atoms with E-state index in [1.54, 1.807) is 5.19 Å². The number of unbranched alkanes of at least 4 members (excludes halogenated alkanes) is 2. The first-order valence-electron chi connectivity index (χ1n) is 7.88. The van der Waals surface area contributed by atoms with Gasteiger partial charge in [0.15, 0.2) is 0 Å². The van der Waals surface area contributed by atoms with E-state index >= 15 is 0 Å². The third-order valence-electron chi connectivity index (χ3n) is 3.83. The summed E-state index contributed by atoms with van der Waals surface area (Å²) in [6.07, 6.45) is 6.58. The van der Waals surface area contributed by atoms with Gasteiger partial charge in [-0.15, -0.1) is 0 Å². The molecule has 0 N–H and O–H groups in total. The molecule has 0 saturated heterocycles. The second-order valence-corrected chi connectivity index (χ2v) is 10.9. The van der Waals surface area contributed by atoms with Gasteiger partial charge in [0, 0.05) is 0 Å². The zero-order valence-electron chi connectivity index (χ0n) is 13.3. The van der Waals surface area contributed by atoms with Crippen LogP contribution < -0.4 is 5.19 Å². The molecule has 1 aromatic carbocycles. The first kappa shape index (κ1) is 16.5. The second kappa shape index (κ2) is 8.54. The van der Waals surface area contributed by atoms with E-state index < -0.39 is 8.07 Å². The van der Waals surface area contributed by atoms with Gasteiger partial charge in [-0.2, -0.15) is 0 Å². The molecule has 0 unspecified atom stereocenters. The summed E-state index contributed by atoms with van der Waals surface area (Å²) in [5.74, 6) is 0. The smallest absolute Gasteiger partial charge is 0.0948 e. The average Bonchev–Trinajstić information content (AvgIpc) is 2.42. The number of hydrogen-bond acceptors (Lipinski definition) is 1. The molecule has 0 saturated carbocycles. The van der Waals surface area contributed by atoms with Gasteiger partial charge >= 0.3 is 0 Å². The van der Waals surface area contributed by atoms with Crippen LogP contribution in [0.3, 0.4) is 0 Å². The Morgan fingerprint density at radius 1 is 0.895 bits per heavy atom. The lowest BCUT2D eigenvalue weighted by atomic mass is 10.3. The van der Waals surface area contributed by atoms with E-state index in [9.17, 15) is 0 Å². The highest BCUT2D eigenvalue weighted by atomic mass is 28.3. The molecule has 0 aromatic heterocycles. The van der Waals surface area contributed by atoms with Crippen molar-refractivity contribution in [2.24, 2.45) is 0 Å². The molecule has 0 bridgehead atoms. The van der Waals surface area contributed by atoms with Crippen LogP contribution in [0.5, 0.6) is 0 Å². The van der Waals surface area contributed by atoms with Gasteiger partial charge in [0.1, 0.15) is 0 Å². The summed E-state index contributed by atoms with van der Waals surface area (Å²) in [6.45, 7) is 12.1. The van der Waals surface area contributed by atoms with E-state index in [2.05, 4.69) is 62.2 Å². The molecule has 19 heavy (non-hydrogen) atoms. The molecule has 0 radical (unpaired) electrons. The SMILES string of the molecule is CCCCN(CCCC)C[Si](C)(C)c1ccccc1. The highest BCUT2D eigenvalue weighted by Crippen LogP contribution is 2.09. The van der Waals surface area contributed by atoms with Crippen LogP contribution in [0, 0.1) is 0 Å². The molecule has 0 atom stereocenters. The molecule has 0 spiro atoms. The van der Waals surface area contributed by atoms with Crippen LogP contribution in [0.15, 0.2) is 30.3 Å². The van der Waals surface area contributed by atoms with E-state index in [1.807, 2.05) is 0 Å². The minimum absolute atomic E-state index is 1.28. The Bertz CT molecular complexity index is 326. The Labute approximate surface area is 121 Å². The third-order valence-corrected chi connectivity index (χ3v) is 6.96. The van der Waals surface area contributed by atoms with Crippen molar-refractivity contribution in [2.75, 3.05) is 19.3 Å².